The number of methoxy groups -OCH3 is 1. The van der Waals surface area contributed by atoms with Crippen LogP contribution in [-0.2, 0) is 127 Å². The molecule has 131 heavy (non-hydrogen) atoms. The van der Waals surface area contributed by atoms with Crippen molar-refractivity contribution in [1.82, 2.24) is 40.0 Å². The summed E-state index contributed by atoms with van der Waals surface area (Å²) in [6, 6.07) is 40.3. The molecule has 8 bridgehead atoms. The van der Waals surface area contributed by atoms with Crippen LogP contribution in [0.4, 0.5) is 12.9 Å². The number of likely N-dealkylation sites (N-methyl/N-ethyl adjacent to an activating group) is 3. The third kappa shape index (κ3) is 54.9. The number of carbonyl (C=O) groups is 12. The van der Waals surface area contributed by atoms with E-state index in [-0.39, 0.29) is 176 Å². The molecule has 0 aromatic heterocycles. The summed E-state index contributed by atoms with van der Waals surface area (Å²) in [5.41, 5.74) is 9.73. The maximum absolute atomic E-state index is 12.7. The number of hydrogen-bond acceptors (Lipinski definition) is 29. The number of nitrogens with two attached hydrogens (primary N) is 1. The molecule has 9 saturated heterocycles. The molecule has 6 N–H and O–H groups in total. The van der Waals surface area contributed by atoms with E-state index in [2.05, 4.69) is 41.9 Å². The number of nitrogens with one attached hydrogen (secondary N) is 2. The first-order chi connectivity index (χ1) is 58.5. The van der Waals surface area contributed by atoms with E-state index in [1.165, 1.54) is 51.0 Å². The van der Waals surface area contributed by atoms with Gasteiger partial charge in [0, 0.05) is 82.1 Å². The van der Waals surface area contributed by atoms with Crippen LogP contribution in [-0.4, -0.2) is 290 Å². The molecule has 741 valence electrons. The fraction of sp³-hybridized carbons (Fsp3) is 0.613. The minimum absolute atomic E-state index is 0. The Morgan fingerprint density at radius 3 is 1.13 bits per heavy atom. The van der Waals surface area contributed by atoms with Gasteiger partial charge in [0.25, 0.3) is 0 Å². The van der Waals surface area contributed by atoms with Gasteiger partial charge in [0.1, 0.15) is 44.3 Å². The SMILES string of the molecule is C.C.C.C.C.C.C.C=O.C=O.CC(=O)OC(C)=O.CC(=O)OC(C)=O.CCOCC.CN1C2CCCC1C(=O)N(CCOCc1ccccc1)C2=O.CN1C2CCCC1C(=O)OC2=O.COC1C2CCCC(C(=O)N1CCOCc1ccccc1)N2C.FB(F)F.NCOCc1ccccc1.O=C1C2CCCC(CN1CCOCc1ccccc1)N2.OC1CCCC(O)N1.[B].[H-].[Na+]. The Kier molecular flexibility index (Phi) is 86.3. The second-order valence-electron chi connectivity index (χ2n) is 28.7. The van der Waals surface area contributed by atoms with Crippen LogP contribution in [0.25, 0.3) is 0 Å². The predicted molar refractivity (Wildman–Crippen MR) is 501 cm³/mol. The monoisotopic (exact) mass is 1870 g/mol. The molecule has 4 aromatic carbocycles. The molecule has 0 spiro atoms. The number of aliphatic hydroxyl groups excluding tert-OH is 2. The van der Waals surface area contributed by atoms with Gasteiger partial charge in [-0.3, -0.25) is 76.2 Å². The molecule has 0 aliphatic carbocycles. The molecule has 9 fully saturated rings. The summed E-state index contributed by atoms with van der Waals surface area (Å²) >= 11 is 0. The second-order valence-corrected chi connectivity index (χ2v) is 28.7. The molecular weight excluding hydrogens is 1710 g/mol. The molecule has 11 unspecified atom stereocenters. The van der Waals surface area contributed by atoms with Gasteiger partial charge in [-0.05, 0) is 154 Å². The number of esters is 6. The molecule has 4 amide bonds. The molecule has 4 aromatic rings. The van der Waals surface area contributed by atoms with Crippen LogP contribution in [0.1, 0.15) is 214 Å². The molecule has 9 aliphatic rings. The first-order valence-electron chi connectivity index (χ1n) is 40.9. The van der Waals surface area contributed by atoms with Gasteiger partial charge < -0.3 is 84.7 Å². The van der Waals surface area contributed by atoms with Gasteiger partial charge in [-0.15, -0.1) is 0 Å². The van der Waals surface area contributed by atoms with Crippen molar-refractivity contribution in [3.8, 4) is 0 Å². The van der Waals surface area contributed by atoms with E-state index in [0.717, 1.165) is 120 Å². The number of imide groups is 1. The largest absolute Gasteiger partial charge is 1.00 e. The number of piperazine rings is 3. The standard InChI is InChI=1S/C18H26N2O3.C17H22N2O3.C16H22N2O2.C8H11NO3.C8H11NO.C5H11NO2.2C4H6O3.C4H10O.2CH2O.7CH4.BF3.B.Na.H/c1-19-15-9-6-10-16(19)18(22-2)20(17(15)21)11-12-23-13-14-7-4-3-5-8-14;1-18-14-8-5-9-15(18)17(21)19(16(14)20)10-11-22-12-13-6-3-2-4-7-13;19-16-15-8-4-7-14(17-15)11-18(16)9-10-20-12-13-5-2-1-3-6-13;1-9-5-3-2-4-6(9)8(11)12-7(5)10;9-7-10-6-8-4-2-1-3-5-8;7-4-2-1-3-5(8)6-4;2*1-3(5)7-4(2)6;1-3-5-4-2;2*1-2;;;;;;;;2-1(3)4;;;/h3-5,7-8,15-16,18H,6,9-13H2,1-2H3;2-4,6-7,14-15H,5,8-12H2,1H3;1-3,5-6,14-15,17H,4,7-12H2;5-6H,2-4H2,1H3;1-5H,6-7,9H2;4-8H,1-3H2;2*1-2H3;3-4H2,1-2H3;2*1H2;7*1H4;;;;/q;;;;;;;;;;;;;;;;;;;;+1;-1. The number of aliphatic hydroxyl groups is 2. The Morgan fingerprint density at radius 2 is 0.794 bits per heavy atom. The molecular formula is C93H158B2F3N9NaO23. The van der Waals surface area contributed by atoms with E-state index >= 15 is 0 Å². The summed E-state index contributed by atoms with van der Waals surface area (Å²) in [6.45, 7) is 21.0. The van der Waals surface area contributed by atoms with E-state index in [1.807, 2.05) is 177 Å². The van der Waals surface area contributed by atoms with Gasteiger partial charge in [-0.2, -0.15) is 0 Å². The summed E-state index contributed by atoms with van der Waals surface area (Å²) in [6.07, 6.45) is 13.0. The van der Waals surface area contributed by atoms with E-state index in [4.69, 9.17) is 54.0 Å². The third-order valence-electron chi connectivity index (χ3n) is 20.0. The van der Waals surface area contributed by atoms with E-state index in [9.17, 15) is 60.9 Å². The normalized spacial score (nSPS) is 21.1. The topological polar surface area (TPSA) is 398 Å². The summed E-state index contributed by atoms with van der Waals surface area (Å²) in [7, 11) is 3.76. The van der Waals surface area contributed by atoms with Crippen LogP contribution in [0.15, 0.2) is 121 Å². The smallest absolute Gasteiger partial charge is 1.00 e. The number of carbonyl (C=O) groups excluding carboxylic acids is 12. The van der Waals surface area contributed by atoms with Gasteiger partial charge in [-0.25, -0.2) is 9.59 Å². The summed E-state index contributed by atoms with van der Waals surface area (Å²) in [5, 5.41) is 23.6. The van der Waals surface area contributed by atoms with Crippen LogP contribution in [0.5, 0.6) is 0 Å². The number of hydrogen-bond donors (Lipinski definition) is 5. The van der Waals surface area contributed by atoms with Crippen molar-refractivity contribution in [2.45, 2.75) is 283 Å². The van der Waals surface area contributed by atoms with Crippen molar-refractivity contribution >= 4 is 89.0 Å². The third-order valence-corrected chi connectivity index (χ3v) is 20.0. The number of benzene rings is 4. The van der Waals surface area contributed by atoms with Crippen molar-refractivity contribution in [2.75, 3.05) is 94.2 Å². The Balaban J connectivity index is -0.000000187. The molecule has 11 atom stereocenters. The number of nitrogens with zero attached hydrogens (tertiary/aromatic N) is 6. The molecule has 32 nitrogen and oxygen atoms in total. The number of halogens is 3. The Labute approximate surface area is 805 Å². The number of piperidine rings is 5. The maximum Gasteiger partial charge on any atom is 1.00 e. The first-order valence-corrected chi connectivity index (χ1v) is 40.9. The fourth-order valence-electron chi connectivity index (χ4n) is 14.4. The summed E-state index contributed by atoms with van der Waals surface area (Å²) in [4.78, 5) is 139. The van der Waals surface area contributed by atoms with Crippen LogP contribution < -0.4 is 45.9 Å². The maximum atomic E-state index is 12.7. The van der Waals surface area contributed by atoms with E-state index < -0.39 is 43.9 Å². The van der Waals surface area contributed by atoms with Crippen molar-refractivity contribution in [3.05, 3.63) is 144 Å². The molecule has 0 saturated carbocycles. The van der Waals surface area contributed by atoms with Gasteiger partial charge in [0.15, 0.2) is 0 Å². The second kappa shape index (κ2) is 81.6. The van der Waals surface area contributed by atoms with Crippen molar-refractivity contribution < 1.29 is 154 Å². The molecule has 38 heteroatoms. The minimum Gasteiger partial charge on any atom is -1.00 e. The number of morpholine rings is 1. The van der Waals surface area contributed by atoms with Crippen molar-refractivity contribution in [2.24, 2.45) is 5.73 Å². The average Bonchev–Trinajstić information content (AvgIpc) is 0.775. The van der Waals surface area contributed by atoms with E-state index in [1.54, 1.807) is 7.11 Å². The zero-order valence-corrected chi connectivity index (χ0v) is 75.8. The quantitative estimate of drug-likeness (QED) is 0.00997. The van der Waals surface area contributed by atoms with Gasteiger partial charge in [0.05, 0.1) is 89.7 Å². The first kappa shape index (κ1) is 139. The zero-order chi connectivity index (χ0) is 90.9. The number of likely N-dealkylation sites (tertiary alicyclic amines) is 3. The Bertz CT molecular complexity index is 3540. The fourth-order valence-corrected chi connectivity index (χ4v) is 14.4. The van der Waals surface area contributed by atoms with Crippen LogP contribution in [0, 0.1) is 0 Å². The van der Waals surface area contributed by atoms with Crippen molar-refractivity contribution in [1.29, 1.82) is 0 Å². The summed E-state index contributed by atoms with van der Waals surface area (Å²) < 4.78 is 74.1. The van der Waals surface area contributed by atoms with Gasteiger partial charge >= 0.3 is 72.9 Å². The number of rotatable bonds is 21. The molecule has 9 aliphatic heterocycles. The molecule has 3 radical (unpaired) electrons. The van der Waals surface area contributed by atoms with Gasteiger partial charge in [0.2, 0.25) is 23.6 Å². The average molecular weight is 1870 g/mol. The summed E-state index contributed by atoms with van der Waals surface area (Å²) in [5.74, 6) is -2.70. The Hall–Kier alpha value is -7.92. The number of fused-ring (bicyclic) bond motifs is 8. The Morgan fingerprint density at radius 1 is 0.466 bits per heavy atom. The number of amides is 4. The molecule has 13 rings (SSSR count). The predicted octanol–water partition coefficient (Wildman–Crippen LogP) is 8.22. The zero-order valence-electron chi connectivity index (χ0n) is 74.8. The van der Waals surface area contributed by atoms with Crippen molar-refractivity contribution in [3.63, 3.8) is 0 Å². The molecule has 9 heterocycles. The van der Waals surface area contributed by atoms with Crippen LogP contribution >= 0.6 is 0 Å². The van der Waals surface area contributed by atoms with Gasteiger partial charge in [-0.1, -0.05) is 173 Å². The van der Waals surface area contributed by atoms with Crippen LogP contribution in [0.3, 0.4) is 0 Å². The number of ether oxygens (including phenoxy) is 9. The number of cyclic esters (lactones) is 2. The van der Waals surface area contributed by atoms with Crippen LogP contribution in [0.2, 0.25) is 0 Å². The van der Waals surface area contributed by atoms with E-state index in [0.29, 0.717) is 78.0 Å². The minimum atomic E-state index is -3.67.